The van der Waals surface area contributed by atoms with E-state index in [1.807, 2.05) is 0 Å². The zero-order valence-corrected chi connectivity index (χ0v) is 13.5. The molecular weight excluding hydrogens is 242 g/mol. The molecule has 2 rings (SSSR count). The van der Waals surface area contributed by atoms with Crippen LogP contribution in [0.4, 0.5) is 0 Å². The maximum atomic E-state index is 3.84. The molecule has 0 aliphatic heterocycles. The lowest BCUT2D eigenvalue weighted by molar-refractivity contribution is 0.384. The van der Waals surface area contributed by atoms with E-state index in [2.05, 4.69) is 56.4 Å². The third-order valence-electron chi connectivity index (χ3n) is 5.05. The van der Waals surface area contributed by atoms with Crippen LogP contribution in [0.3, 0.4) is 0 Å². The van der Waals surface area contributed by atoms with Gasteiger partial charge in [-0.25, -0.2) is 0 Å². The highest BCUT2D eigenvalue weighted by Crippen LogP contribution is 2.27. The third-order valence-corrected chi connectivity index (χ3v) is 5.05. The molecule has 1 aromatic carbocycles. The van der Waals surface area contributed by atoms with E-state index >= 15 is 0 Å². The van der Waals surface area contributed by atoms with Gasteiger partial charge in [-0.3, -0.25) is 0 Å². The van der Waals surface area contributed by atoms with Crippen LogP contribution in [0.5, 0.6) is 0 Å². The molecule has 0 bridgehead atoms. The summed E-state index contributed by atoms with van der Waals surface area (Å²) in [5.74, 6) is 0.976. The van der Waals surface area contributed by atoms with Crippen molar-refractivity contribution in [3.63, 3.8) is 0 Å². The number of hydrogen-bond acceptors (Lipinski definition) is 1. The maximum Gasteiger partial charge on any atom is 0.00675 e. The van der Waals surface area contributed by atoms with Gasteiger partial charge in [-0.1, -0.05) is 70.4 Å². The van der Waals surface area contributed by atoms with Gasteiger partial charge in [-0.05, 0) is 30.7 Å². The predicted octanol–water partition coefficient (Wildman–Crippen LogP) is 4.91. The standard InChI is InChI=1S/C19H31N/c1-4-16-9-8-12-18(14-13-16)20-15-19(2,3)17-10-6-5-7-11-17/h5-7,10-11,16,18,20H,4,8-9,12-15H2,1-3H3. The molecule has 1 fully saturated rings. The van der Waals surface area contributed by atoms with E-state index in [0.29, 0.717) is 0 Å². The SMILES string of the molecule is CCC1CCCC(NCC(C)(C)c2ccccc2)CC1. The minimum atomic E-state index is 0.220. The second kappa shape index (κ2) is 7.26. The Kier molecular flexibility index (Phi) is 5.65. The van der Waals surface area contributed by atoms with Crippen molar-refractivity contribution in [2.24, 2.45) is 5.92 Å². The first-order valence-electron chi connectivity index (χ1n) is 8.40. The van der Waals surface area contributed by atoms with Crippen molar-refractivity contribution >= 4 is 0 Å². The van der Waals surface area contributed by atoms with Crippen molar-refractivity contribution in [1.82, 2.24) is 5.32 Å². The van der Waals surface area contributed by atoms with Crippen molar-refractivity contribution in [3.05, 3.63) is 35.9 Å². The second-order valence-corrected chi connectivity index (χ2v) is 7.11. The van der Waals surface area contributed by atoms with Crippen molar-refractivity contribution < 1.29 is 0 Å². The normalized spacial score (nSPS) is 24.4. The smallest absolute Gasteiger partial charge is 0.00675 e. The Morgan fingerprint density at radius 3 is 2.50 bits per heavy atom. The van der Waals surface area contributed by atoms with Gasteiger partial charge in [-0.2, -0.15) is 0 Å². The molecule has 1 heteroatoms. The lowest BCUT2D eigenvalue weighted by Gasteiger charge is -2.28. The molecule has 0 aromatic heterocycles. The topological polar surface area (TPSA) is 12.0 Å². The fourth-order valence-corrected chi connectivity index (χ4v) is 3.38. The van der Waals surface area contributed by atoms with Gasteiger partial charge in [0.2, 0.25) is 0 Å². The first-order valence-corrected chi connectivity index (χ1v) is 8.40. The second-order valence-electron chi connectivity index (χ2n) is 7.11. The van der Waals surface area contributed by atoms with Crippen LogP contribution in [0.1, 0.15) is 64.9 Å². The molecule has 0 spiro atoms. The molecule has 0 radical (unpaired) electrons. The average molecular weight is 273 g/mol. The number of benzene rings is 1. The first-order chi connectivity index (χ1) is 9.62. The summed E-state index contributed by atoms with van der Waals surface area (Å²) in [6, 6.07) is 11.6. The Morgan fingerprint density at radius 2 is 1.80 bits per heavy atom. The highest BCUT2D eigenvalue weighted by molar-refractivity contribution is 5.23. The molecule has 112 valence electrons. The summed E-state index contributed by atoms with van der Waals surface area (Å²) in [6.45, 7) is 8.12. The lowest BCUT2D eigenvalue weighted by Crippen LogP contribution is -2.39. The quantitative estimate of drug-likeness (QED) is 0.751. The van der Waals surface area contributed by atoms with Gasteiger partial charge in [-0.15, -0.1) is 0 Å². The Morgan fingerprint density at radius 1 is 1.05 bits per heavy atom. The van der Waals surface area contributed by atoms with Crippen molar-refractivity contribution in [3.8, 4) is 0 Å². The van der Waals surface area contributed by atoms with Crippen molar-refractivity contribution in [2.75, 3.05) is 6.54 Å². The molecule has 1 nitrogen and oxygen atoms in total. The van der Waals surface area contributed by atoms with E-state index in [1.54, 1.807) is 0 Å². The Balaban J connectivity index is 1.85. The number of rotatable bonds is 5. The summed E-state index contributed by atoms with van der Waals surface area (Å²) in [4.78, 5) is 0. The summed E-state index contributed by atoms with van der Waals surface area (Å²) in [7, 11) is 0. The molecule has 2 unspecified atom stereocenters. The van der Waals surface area contributed by atoms with E-state index in [4.69, 9.17) is 0 Å². The van der Waals surface area contributed by atoms with Gasteiger partial charge in [0, 0.05) is 18.0 Å². The van der Waals surface area contributed by atoms with Crippen LogP contribution in [0.2, 0.25) is 0 Å². The van der Waals surface area contributed by atoms with E-state index in [9.17, 15) is 0 Å². The van der Waals surface area contributed by atoms with Gasteiger partial charge in [0.05, 0.1) is 0 Å². The summed E-state index contributed by atoms with van der Waals surface area (Å²) >= 11 is 0. The molecule has 1 aromatic rings. The molecule has 1 aliphatic carbocycles. The fourth-order valence-electron chi connectivity index (χ4n) is 3.38. The zero-order valence-electron chi connectivity index (χ0n) is 13.5. The summed E-state index contributed by atoms with van der Waals surface area (Å²) < 4.78 is 0. The van der Waals surface area contributed by atoms with E-state index in [1.165, 1.54) is 44.1 Å². The molecule has 0 amide bonds. The number of hydrogen-bond donors (Lipinski definition) is 1. The zero-order chi connectivity index (χ0) is 14.4. The lowest BCUT2D eigenvalue weighted by atomic mass is 9.84. The monoisotopic (exact) mass is 273 g/mol. The van der Waals surface area contributed by atoms with Crippen LogP contribution >= 0.6 is 0 Å². The summed E-state index contributed by atoms with van der Waals surface area (Å²) in [6.07, 6.45) is 8.35. The van der Waals surface area contributed by atoms with Crippen LogP contribution in [0, 0.1) is 5.92 Å². The van der Waals surface area contributed by atoms with Crippen LogP contribution in [-0.4, -0.2) is 12.6 Å². The van der Waals surface area contributed by atoms with Crippen LogP contribution in [-0.2, 0) is 5.41 Å². The number of nitrogens with one attached hydrogen (secondary N) is 1. The molecule has 1 N–H and O–H groups in total. The van der Waals surface area contributed by atoms with Gasteiger partial charge < -0.3 is 5.32 Å². The minimum Gasteiger partial charge on any atom is -0.313 e. The molecule has 20 heavy (non-hydrogen) atoms. The molecule has 2 atom stereocenters. The first kappa shape index (κ1) is 15.6. The Labute approximate surface area is 125 Å². The summed E-state index contributed by atoms with van der Waals surface area (Å²) in [5, 5.41) is 3.84. The molecule has 1 aliphatic rings. The van der Waals surface area contributed by atoms with Crippen LogP contribution < -0.4 is 5.32 Å². The highest BCUT2D eigenvalue weighted by Gasteiger charge is 2.23. The van der Waals surface area contributed by atoms with Gasteiger partial charge >= 0.3 is 0 Å². The van der Waals surface area contributed by atoms with Crippen LogP contribution in [0.15, 0.2) is 30.3 Å². The van der Waals surface area contributed by atoms with Gasteiger partial charge in [0.25, 0.3) is 0 Å². The Bertz CT molecular complexity index is 382. The van der Waals surface area contributed by atoms with E-state index in [-0.39, 0.29) is 5.41 Å². The highest BCUT2D eigenvalue weighted by atomic mass is 14.9. The van der Waals surface area contributed by atoms with E-state index in [0.717, 1.165) is 18.5 Å². The average Bonchev–Trinajstić information content (AvgIpc) is 2.71. The largest absolute Gasteiger partial charge is 0.313 e. The van der Waals surface area contributed by atoms with Gasteiger partial charge in [0.1, 0.15) is 0 Å². The maximum absolute atomic E-state index is 3.84. The molecule has 1 saturated carbocycles. The molecular formula is C19H31N. The molecule has 0 saturated heterocycles. The summed E-state index contributed by atoms with van der Waals surface area (Å²) in [5.41, 5.74) is 1.66. The van der Waals surface area contributed by atoms with Crippen molar-refractivity contribution in [1.29, 1.82) is 0 Å². The predicted molar refractivity (Wildman–Crippen MR) is 88.1 cm³/mol. The third kappa shape index (κ3) is 4.34. The van der Waals surface area contributed by atoms with Gasteiger partial charge in [0.15, 0.2) is 0 Å². The van der Waals surface area contributed by atoms with Crippen molar-refractivity contribution in [2.45, 2.75) is 70.8 Å². The Hall–Kier alpha value is -0.820. The minimum absolute atomic E-state index is 0.220. The van der Waals surface area contributed by atoms with Crippen LogP contribution in [0.25, 0.3) is 0 Å². The van der Waals surface area contributed by atoms with E-state index < -0.39 is 0 Å². The fraction of sp³-hybridized carbons (Fsp3) is 0.684. The molecule has 0 heterocycles.